The molecule has 0 heterocycles. The molecule has 0 aliphatic carbocycles. The molecule has 0 nitrogen and oxygen atoms in total. The van der Waals surface area contributed by atoms with Crippen LogP contribution in [0.15, 0.2) is 36.0 Å². The van der Waals surface area contributed by atoms with Crippen molar-refractivity contribution in [2.45, 2.75) is 32.4 Å². The van der Waals surface area contributed by atoms with Crippen molar-refractivity contribution in [2.24, 2.45) is 0 Å². The van der Waals surface area contributed by atoms with E-state index in [1.165, 1.54) is 5.57 Å². The molecule has 0 fully saturated rings. The van der Waals surface area contributed by atoms with Gasteiger partial charge in [0.2, 0.25) is 0 Å². The van der Waals surface area contributed by atoms with Crippen molar-refractivity contribution in [3.8, 4) is 0 Å². The van der Waals surface area contributed by atoms with E-state index >= 15 is 0 Å². The third kappa shape index (κ3) is 4.45. The number of thiol groups is 1. The van der Waals surface area contributed by atoms with E-state index in [1.807, 2.05) is 26.8 Å². The lowest BCUT2D eigenvalue weighted by molar-refractivity contribution is 0.870. The Labute approximate surface area is 81.5 Å². The maximum atomic E-state index is 4.41. The van der Waals surface area contributed by atoms with Gasteiger partial charge in [-0.05, 0) is 33.3 Å². The molecule has 0 aromatic rings. The summed E-state index contributed by atoms with van der Waals surface area (Å²) in [6.07, 6.45) is 6.14. The Hall–Kier alpha value is -0.430. The zero-order chi connectivity index (χ0) is 9.78. The molecule has 0 aliphatic rings. The molecular formula is C11H18S. The third-order valence-corrected chi connectivity index (χ3v) is 2.08. The maximum Gasteiger partial charge on any atom is 0.0316 e. The lowest BCUT2D eigenvalue weighted by Gasteiger charge is -2.17. The normalized spacial score (nSPS) is 13.9. The van der Waals surface area contributed by atoms with E-state index < -0.39 is 0 Å². The van der Waals surface area contributed by atoms with Gasteiger partial charge in [0.05, 0.1) is 0 Å². The summed E-state index contributed by atoms with van der Waals surface area (Å²) in [5.74, 6) is 0. The van der Waals surface area contributed by atoms with Gasteiger partial charge in [-0.15, -0.1) is 0 Å². The monoisotopic (exact) mass is 182 g/mol. The van der Waals surface area contributed by atoms with Gasteiger partial charge in [-0.3, -0.25) is 0 Å². The van der Waals surface area contributed by atoms with Gasteiger partial charge in [-0.2, -0.15) is 12.6 Å². The van der Waals surface area contributed by atoms with Crippen molar-refractivity contribution in [3.05, 3.63) is 36.0 Å². The molecule has 0 aromatic carbocycles. The quantitative estimate of drug-likeness (QED) is 0.498. The summed E-state index contributed by atoms with van der Waals surface area (Å²) in [5, 5.41) is 0. The summed E-state index contributed by atoms with van der Waals surface area (Å²) in [4.78, 5) is 0. The van der Waals surface area contributed by atoms with Crippen LogP contribution in [0, 0.1) is 0 Å². The van der Waals surface area contributed by atoms with Crippen LogP contribution in [0.2, 0.25) is 0 Å². The van der Waals surface area contributed by atoms with Crippen LogP contribution >= 0.6 is 12.6 Å². The van der Waals surface area contributed by atoms with E-state index in [2.05, 4.69) is 38.3 Å². The van der Waals surface area contributed by atoms with Gasteiger partial charge in [0.15, 0.2) is 0 Å². The highest BCUT2D eigenvalue weighted by molar-refractivity contribution is 7.82. The molecule has 0 radical (unpaired) electrons. The predicted octanol–water partition coefficient (Wildman–Crippen LogP) is 3.77. The van der Waals surface area contributed by atoms with Crippen molar-refractivity contribution < 1.29 is 0 Å². The molecule has 0 atom stereocenters. The molecule has 0 rings (SSSR count). The Kier molecular flexibility index (Phi) is 4.40. The molecule has 68 valence electrons. The SMILES string of the molecule is C=C(/C=C\C(C)=C/C)C(C)(C)S. The van der Waals surface area contributed by atoms with E-state index in [-0.39, 0.29) is 4.75 Å². The van der Waals surface area contributed by atoms with Gasteiger partial charge in [0.1, 0.15) is 0 Å². The largest absolute Gasteiger partial charge is 0.168 e. The summed E-state index contributed by atoms with van der Waals surface area (Å²) >= 11 is 4.41. The summed E-state index contributed by atoms with van der Waals surface area (Å²) in [7, 11) is 0. The standard InChI is InChI=1S/C11H18S/c1-6-9(2)7-8-10(3)11(4,5)12/h6-8,12H,3H2,1-2,4-5H3/b8-7-,9-6-. The first-order chi connectivity index (χ1) is 5.38. The highest BCUT2D eigenvalue weighted by Gasteiger charge is 2.12. The second kappa shape index (κ2) is 4.56. The molecule has 0 unspecified atom stereocenters. The summed E-state index contributed by atoms with van der Waals surface area (Å²) in [5.41, 5.74) is 2.28. The lowest BCUT2D eigenvalue weighted by Crippen LogP contribution is -2.11. The van der Waals surface area contributed by atoms with Crippen LogP contribution in [0.4, 0.5) is 0 Å². The summed E-state index contributed by atoms with van der Waals surface area (Å²) in [6, 6.07) is 0. The zero-order valence-corrected chi connectivity index (χ0v) is 9.28. The van der Waals surface area contributed by atoms with Gasteiger partial charge in [-0.25, -0.2) is 0 Å². The molecule has 1 heteroatoms. The van der Waals surface area contributed by atoms with Crippen molar-refractivity contribution in [2.75, 3.05) is 0 Å². The molecule has 0 aromatic heterocycles. The first-order valence-electron chi connectivity index (χ1n) is 4.10. The molecule has 0 aliphatic heterocycles. The van der Waals surface area contributed by atoms with E-state index in [4.69, 9.17) is 0 Å². The van der Waals surface area contributed by atoms with Crippen LogP contribution in [0.5, 0.6) is 0 Å². The molecule has 0 bridgehead atoms. The topological polar surface area (TPSA) is 0 Å². The smallest absolute Gasteiger partial charge is 0.0316 e. The van der Waals surface area contributed by atoms with Gasteiger partial charge in [0.25, 0.3) is 0 Å². The average Bonchev–Trinajstić information content (AvgIpc) is 1.97. The van der Waals surface area contributed by atoms with Crippen LogP contribution in [0.1, 0.15) is 27.7 Å². The Morgan fingerprint density at radius 1 is 1.33 bits per heavy atom. The van der Waals surface area contributed by atoms with Crippen molar-refractivity contribution in [1.29, 1.82) is 0 Å². The Morgan fingerprint density at radius 3 is 2.17 bits per heavy atom. The van der Waals surface area contributed by atoms with E-state index in [1.54, 1.807) is 0 Å². The van der Waals surface area contributed by atoms with Crippen molar-refractivity contribution >= 4 is 12.6 Å². The molecule has 0 amide bonds. The van der Waals surface area contributed by atoms with E-state index in [9.17, 15) is 0 Å². The molecule has 12 heavy (non-hydrogen) atoms. The molecule has 0 saturated carbocycles. The minimum absolute atomic E-state index is 0.121. The first kappa shape index (κ1) is 11.6. The number of hydrogen-bond acceptors (Lipinski definition) is 1. The van der Waals surface area contributed by atoms with Crippen LogP contribution in [0.3, 0.4) is 0 Å². The summed E-state index contributed by atoms with van der Waals surface area (Å²) in [6.45, 7) is 12.1. The first-order valence-corrected chi connectivity index (χ1v) is 4.55. The van der Waals surface area contributed by atoms with E-state index in [0.717, 1.165) is 5.57 Å². The third-order valence-electron chi connectivity index (χ3n) is 1.79. The fraction of sp³-hybridized carbons (Fsp3) is 0.455. The van der Waals surface area contributed by atoms with Gasteiger partial charge in [-0.1, -0.05) is 30.4 Å². The molecule has 0 N–H and O–H groups in total. The second-order valence-electron chi connectivity index (χ2n) is 3.45. The second-order valence-corrected chi connectivity index (χ2v) is 4.57. The zero-order valence-electron chi connectivity index (χ0n) is 8.39. The molecule has 0 saturated heterocycles. The Bertz CT molecular complexity index is 214. The van der Waals surface area contributed by atoms with Crippen LogP contribution in [-0.2, 0) is 0 Å². The number of rotatable bonds is 3. The van der Waals surface area contributed by atoms with Gasteiger partial charge >= 0.3 is 0 Å². The fourth-order valence-corrected chi connectivity index (χ4v) is 0.607. The minimum Gasteiger partial charge on any atom is -0.168 e. The fourth-order valence-electron chi connectivity index (χ4n) is 0.532. The maximum absolute atomic E-state index is 4.41. The van der Waals surface area contributed by atoms with Gasteiger partial charge < -0.3 is 0 Å². The molecule has 0 spiro atoms. The van der Waals surface area contributed by atoms with Crippen molar-refractivity contribution in [1.82, 2.24) is 0 Å². The predicted molar refractivity (Wildman–Crippen MR) is 60.8 cm³/mol. The summed E-state index contributed by atoms with van der Waals surface area (Å²) < 4.78 is -0.121. The lowest BCUT2D eigenvalue weighted by atomic mass is 10.0. The van der Waals surface area contributed by atoms with E-state index in [0.29, 0.717) is 0 Å². The highest BCUT2D eigenvalue weighted by atomic mass is 32.1. The van der Waals surface area contributed by atoms with Crippen LogP contribution in [0.25, 0.3) is 0 Å². The van der Waals surface area contributed by atoms with Gasteiger partial charge in [0, 0.05) is 4.75 Å². The highest BCUT2D eigenvalue weighted by Crippen LogP contribution is 2.22. The number of hydrogen-bond donors (Lipinski definition) is 1. The van der Waals surface area contributed by atoms with Crippen molar-refractivity contribution in [3.63, 3.8) is 0 Å². The van der Waals surface area contributed by atoms with Crippen LogP contribution in [-0.4, -0.2) is 4.75 Å². The Morgan fingerprint density at radius 2 is 1.83 bits per heavy atom. The Balaban J connectivity index is 4.29. The average molecular weight is 182 g/mol. The number of allylic oxidation sites excluding steroid dienone is 4. The molecular weight excluding hydrogens is 164 g/mol. The van der Waals surface area contributed by atoms with Crippen LogP contribution < -0.4 is 0 Å². The minimum atomic E-state index is -0.121.